The minimum absolute atomic E-state index is 0.0725. The summed E-state index contributed by atoms with van der Waals surface area (Å²) >= 11 is 5.85. The molecular weight excluding hydrogens is 214 g/mol. The molecule has 1 aromatic rings. The molecule has 1 aliphatic heterocycles. The smallest absolute Gasteiger partial charge is 0.234 e. The number of halogens is 1. The zero-order valence-corrected chi connectivity index (χ0v) is 9.00. The Balaban J connectivity index is 1.99. The minimum Gasteiger partial charge on any atom is -0.354 e. The van der Waals surface area contributed by atoms with Crippen LogP contribution in [0.2, 0.25) is 5.02 Å². The van der Waals surface area contributed by atoms with Gasteiger partial charge in [-0.1, -0.05) is 11.6 Å². The molecule has 1 N–H and O–H groups in total. The molecule has 15 heavy (non-hydrogen) atoms. The summed E-state index contributed by atoms with van der Waals surface area (Å²) in [4.78, 5) is 17.4. The van der Waals surface area contributed by atoms with Gasteiger partial charge in [0.05, 0.1) is 12.2 Å². The summed E-state index contributed by atoms with van der Waals surface area (Å²) in [5.74, 6) is 0.0725. The summed E-state index contributed by atoms with van der Waals surface area (Å²) in [5.41, 5.74) is 0.900. The van der Waals surface area contributed by atoms with Crippen molar-refractivity contribution in [2.75, 3.05) is 19.6 Å². The molecule has 1 saturated heterocycles. The molecule has 0 saturated carbocycles. The van der Waals surface area contributed by atoms with E-state index in [4.69, 9.17) is 11.6 Å². The summed E-state index contributed by atoms with van der Waals surface area (Å²) in [6, 6.07) is 3.57. The van der Waals surface area contributed by atoms with Gasteiger partial charge in [-0.3, -0.25) is 14.7 Å². The van der Waals surface area contributed by atoms with Gasteiger partial charge in [-0.05, 0) is 12.1 Å². The van der Waals surface area contributed by atoms with Gasteiger partial charge in [0.1, 0.15) is 0 Å². The van der Waals surface area contributed by atoms with Gasteiger partial charge in [-0.15, -0.1) is 0 Å². The number of pyridine rings is 1. The van der Waals surface area contributed by atoms with Gasteiger partial charge in [0.15, 0.2) is 0 Å². The topological polar surface area (TPSA) is 45.2 Å². The minimum atomic E-state index is 0.0725. The average molecular weight is 226 g/mol. The molecule has 2 heterocycles. The standard InChI is InChI=1S/C10H12ClN3O/c11-8-1-2-12-9(5-8)6-14-4-3-13-10(15)7-14/h1-2,5H,3-4,6-7H2,(H,13,15). The van der Waals surface area contributed by atoms with Crippen molar-refractivity contribution >= 4 is 17.5 Å². The maximum atomic E-state index is 11.1. The van der Waals surface area contributed by atoms with Crippen molar-refractivity contribution in [3.63, 3.8) is 0 Å². The molecule has 0 atom stereocenters. The van der Waals surface area contributed by atoms with E-state index >= 15 is 0 Å². The van der Waals surface area contributed by atoms with Crippen LogP contribution in [-0.4, -0.2) is 35.4 Å². The van der Waals surface area contributed by atoms with E-state index in [0.717, 1.165) is 12.2 Å². The lowest BCUT2D eigenvalue weighted by Crippen LogP contribution is -2.47. The van der Waals surface area contributed by atoms with Crippen LogP contribution in [0.5, 0.6) is 0 Å². The summed E-state index contributed by atoms with van der Waals surface area (Å²) < 4.78 is 0. The van der Waals surface area contributed by atoms with Crippen LogP contribution in [-0.2, 0) is 11.3 Å². The molecule has 0 unspecified atom stereocenters. The molecule has 0 aromatic carbocycles. The van der Waals surface area contributed by atoms with E-state index in [1.807, 2.05) is 6.07 Å². The summed E-state index contributed by atoms with van der Waals surface area (Å²) in [6.45, 7) is 2.68. The summed E-state index contributed by atoms with van der Waals surface area (Å²) in [6.07, 6.45) is 1.68. The van der Waals surface area contributed by atoms with Crippen molar-refractivity contribution in [3.8, 4) is 0 Å². The summed E-state index contributed by atoms with van der Waals surface area (Å²) in [7, 11) is 0. The first kappa shape index (κ1) is 10.4. The van der Waals surface area contributed by atoms with Crippen molar-refractivity contribution in [2.45, 2.75) is 6.54 Å². The fourth-order valence-electron chi connectivity index (χ4n) is 1.59. The number of amides is 1. The van der Waals surface area contributed by atoms with Crippen LogP contribution in [0, 0.1) is 0 Å². The second kappa shape index (κ2) is 4.59. The number of nitrogens with one attached hydrogen (secondary N) is 1. The van der Waals surface area contributed by atoms with Crippen LogP contribution in [0.4, 0.5) is 0 Å². The van der Waals surface area contributed by atoms with Crippen LogP contribution < -0.4 is 5.32 Å². The number of nitrogens with zero attached hydrogens (tertiary/aromatic N) is 2. The predicted molar refractivity (Wildman–Crippen MR) is 57.5 cm³/mol. The zero-order valence-electron chi connectivity index (χ0n) is 8.24. The van der Waals surface area contributed by atoms with Gasteiger partial charge in [0, 0.05) is 30.9 Å². The van der Waals surface area contributed by atoms with E-state index < -0.39 is 0 Å². The molecule has 1 fully saturated rings. The Labute approximate surface area is 93.2 Å². The highest BCUT2D eigenvalue weighted by molar-refractivity contribution is 6.30. The number of carbonyl (C=O) groups is 1. The number of aromatic nitrogens is 1. The van der Waals surface area contributed by atoms with Crippen molar-refractivity contribution < 1.29 is 4.79 Å². The normalized spacial score (nSPS) is 17.5. The van der Waals surface area contributed by atoms with Gasteiger partial charge < -0.3 is 5.32 Å². The van der Waals surface area contributed by atoms with Gasteiger partial charge >= 0.3 is 0 Å². The molecule has 1 aliphatic rings. The molecule has 1 amide bonds. The Hall–Kier alpha value is -1.13. The number of piperazine rings is 1. The first-order chi connectivity index (χ1) is 7.24. The highest BCUT2D eigenvalue weighted by Gasteiger charge is 2.16. The van der Waals surface area contributed by atoms with E-state index in [1.165, 1.54) is 0 Å². The molecule has 5 heteroatoms. The van der Waals surface area contributed by atoms with Gasteiger partial charge in [-0.2, -0.15) is 0 Å². The zero-order chi connectivity index (χ0) is 10.7. The molecule has 0 aliphatic carbocycles. The fraction of sp³-hybridized carbons (Fsp3) is 0.400. The first-order valence-electron chi connectivity index (χ1n) is 4.83. The lowest BCUT2D eigenvalue weighted by atomic mass is 10.3. The average Bonchev–Trinajstić information content (AvgIpc) is 2.17. The molecule has 0 bridgehead atoms. The first-order valence-corrected chi connectivity index (χ1v) is 5.21. The monoisotopic (exact) mass is 225 g/mol. The van der Waals surface area contributed by atoms with Crippen LogP contribution in [0.15, 0.2) is 18.3 Å². The van der Waals surface area contributed by atoms with Gasteiger partial charge in [-0.25, -0.2) is 0 Å². The second-order valence-electron chi connectivity index (χ2n) is 3.53. The number of carbonyl (C=O) groups excluding carboxylic acids is 1. The van der Waals surface area contributed by atoms with E-state index in [1.54, 1.807) is 12.3 Å². The highest BCUT2D eigenvalue weighted by atomic mass is 35.5. The fourth-order valence-corrected chi connectivity index (χ4v) is 1.77. The Morgan fingerprint density at radius 2 is 2.47 bits per heavy atom. The maximum absolute atomic E-state index is 11.1. The largest absolute Gasteiger partial charge is 0.354 e. The third kappa shape index (κ3) is 2.91. The Morgan fingerprint density at radius 3 is 3.20 bits per heavy atom. The Bertz CT molecular complexity index is 369. The molecule has 0 spiro atoms. The van der Waals surface area contributed by atoms with E-state index in [0.29, 0.717) is 24.7 Å². The van der Waals surface area contributed by atoms with Gasteiger partial charge in [0.2, 0.25) is 5.91 Å². The number of rotatable bonds is 2. The van der Waals surface area contributed by atoms with E-state index in [2.05, 4.69) is 15.2 Å². The molecule has 80 valence electrons. The second-order valence-corrected chi connectivity index (χ2v) is 3.96. The van der Waals surface area contributed by atoms with Crippen LogP contribution in [0.25, 0.3) is 0 Å². The van der Waals surface area contributed by atoms with Crippen molar-refractivity contribution in [1.82, 2.24) is 15.2 Å². The Morgan fingerprint density at radius 1 is 1.60 bits per heavy atom. The van der Waals surface area contributed by atoms with Crippen molar-refractivity contribution in [1.29, 1.82) is 0 Å². The number of hydrogen-bond donors (Lipinski definition) is 1. The molecule has 2 rings (SSSR count). The van der Waals surface area contributed by atoms with Crippen molar-refractivity contribution in [3.05, 3.63) is 29.0 Å². The lowest BCUT2D eigenvalue weighted by Gasteiger charge is -2.25. The third-order valence-electron chi connectivity index (χ3n) is 2.28. The van der Waals surface area contributed by atoms with Crippen LogP contribution in [0.3, 0.4) is 0 Å². The maximum Gasteiger partial charge on any atom is 0.234 e. The SMILES string of the molecule is O=C1CN(Cc2cc(Cl)ccn2)CCN1. The van der Waals surface area contributed by atoms with E-state index in [9.17, 15) is 4.79 Å². The summed E-state index contributed by atoms with van der Waals surface area (Å²) in [5, 5.41) is 3.46. The molecule has 0 radical (unpaired) electrons. The van der Waals surface area contributed by atoms with Crippen LogP contribution >= 0.6 is 11.6 Å². The van der Waals surface area contributed by atoms with E-state index in [-0.39, 0.29) is 5.91 Å². The highest BCUT2D eigenvalue weighted by Crippen LogP contribution is 2.10. The quantitative estimate of drug-likeness (QED) is 0.805. The lowest BCUT2D eigenvalue weighted by molar-refractivity contribution is -0.124. The Kier molecular flexibility index (Phi) is 3.18. The number of hydrogen-bond acceptors (Lipinski definition) is 3. The predicted octanol–water partition coefficient (Wildman–Crippen LogP) is 0.667. The molecule has 4 nitrogen and oxygen atoms in total. The molecule has 1 aromatic heterocycles. The van der Waals surface area contributed by atoms with Gasteiger partial charge in [0.25, 0.3) is 0 Å². The van der Waals surface area contributed by atoms with Crippen molar-refractivity contribution in [2.24, 2.45) is 0 Å². The van der Waals surface area contributed by atoms with Crippen LogP contribution in [0.1, 0.15) is 5.69 Å². The third-order valence-corrected chi connectivity index (χ3v) is 2.52. The molecular formula is C10H12ClN3O.